The Morgan fingerprint density at radius 1 is 1.00 bits per heavy atom. The summed E-state index contributed by atoms with van der Waals surface area (Å²) in [6.07, 6.45) is 0. The van der Waals surface area contributed by atoms with Crippen molar-refractivity contribution in [3.05, 3.63) is 0 Å². The molecule has 2 atom stereocenters. The summed E-state index contributed by atoms with van der Waals surface area (Å²) >= 11 is 0. The molecule has 6 N–H and O–H groups in total. The largest absolute Gasteiger partial charge is 0.370 e. The lowest BCUT2D eigenvalue weighted by atomic mass is 10.1. The molecule has 0 spiro atoms. The third-order valence-electron chi connectivity index (χ3n) is 2.60. The maximum absolute atomic E-state index is 7.38. The van der Waals surface area contributed by atoms with Gasteiger partial charge in [-0.3, -0.25) is 10.8 Å². The minimum absolute atomic E-state index is 0.0903. The number of rotatable bonds is 0. The second-order valence-electron chi connectivity index (χ2n) is 3.77. The van der Waals surface area contributed by atoms with Gasteiger partial charge in [-0.15, -0.1) is 0 Å². The van der Waals surface area contributed by atoms with Crippen molar-refractivity contribution in [3.63, 3.8) is 0 Å². The van der Waals surface area contributed by atoms with Crippen molar-refractivity contribution in [2.75, 3.05) is 13.1 Å². The SMILES string of the molecule is CC1CN(C(=N)N)C(C)CN1C(=N)N. The third-order valence-corrected chi connectivity index (χ3v) is 2.60. The minimum Gasteiger partial charge on any atom is -0.370 e. The van der Waals surface area contributed by atoms with Crippen molar-refractivity contribution in [3.8, 4) is 0 Å². The van der Waals surface area contributed by atoms with E-state index in [1.54, 1.807) is 0 Å². The fourth-order valence-electron chi connectivity index (χ4n) is 1.80. The Bertz CT molecular complexity index is 224. The Morgan fingerprint density at radius 3 is 1.50 bits per heavy atom. The molecule has 0 amide bonds. The molecule has 0 aromatic carbocycles. The zero-order valence-corrected chi connectivity index (χ0v) is 8.62. The van der Waals surface area contributed by atoms with E-state index < -0.39 is 0 Å². The number of hydrogen-bond donors (Lipinski definition) is 4. The second-order valence-corrected chi connectivity index (χ2v) is 3.77. The summed E-state index contributed by atoms with van der Waals surface area (Å²) in [6.45, 7) is 5.25. The number of nitrogens with one attached hydrogen (secondary N) is 2. The van der Waals surface area contributed by atoms with Crippen LogP contribution in [0.4, 0.5) is 0 Å². The first-order chi connectivity index (χ1) is 6.43. The molecule has 0 radical (unpaired) electrons. The molecule has 80 valence electrons. The molecular formula is C8H18N6. The van der Waals surface area contributed by atoms with Crippen molar-refractivity contribution in [1.82, 2.24) is 9.80 Å². The molecule has 1 aliphatic heterocycles. The molecule has 1 rings (SSSR count). The van der Waals surface area contributed by atoms with Gasteiger partial charge in [0.15, 0.2) is 11.9 Å². The first-order valence-corrected chi connectivity index (χ1v) is 4.64. The maximum atomic E-state index is 7.38. The number of piperazine rings is 1. The Labute approximate surface area is 83.9 Å². The van der Waals surface area contributed by atoms with Gasteiger partial charge in [0.05, 0.1) is 0 Å². The predicted molar refractivity (Wildman–Crippen MR) is 56.2 cm³/mol. The monoisotopic (exact) mass is 198 g/mol. The van der Waals surface area contributed by atoms with Crippen LogP contribution in [0.5, 0.6) is 0 Å². The highest BCUT2D eigenvalue weighted by Gasteiger charge is 2.30. The van der Waals surface area contributed by atoms with Gasteiger partial charge < -0.3 is 21.3 Å². The molecule has 2 unspecified atom stereocenters. The van der Waals surface area contributed by atoms with Crippen LogP contribution < -0.4 is 11.5 Å². The predicted octanol–water partition coefficient (Wildman–Crippen LogP) is -0.832. The van der Waals surface area contributed by atoms with Crippen LogP contribution in [0, 0.1) is 10.8 Å². The van der Waals surface area contributed by atoms with Gasteiger partial charge in [-0.25, -0.2) is 0 Å². The summed E-state index contributed by atoms with van der Waals surface area (Å²) in [7, 11) is 0. The van der Waals surface area contributed by atoms with E-state index in [-0.39, 0.29) is 24.0 Å². The standard InChI is InChI=1S/C8H18N6/c1-5-3-14(8(11)12)6(2)4-13(5)7(9)10/h5-6H,3-4H2,1-2H3,(H3,9,10)(H3,11,12). The van der Waals surface area contributed by atoms with Crippen molar-refractivity contribution in [2.45, 2.75) is 25.9 Å². The molecule has 0 saturated carbocycles. The van der Waals surface area contributed by atoms with Gasteiger partial charge in [0.2, 0.25) is 0 Å². The molecule has 0 aromatic heterocycles. The van der Waals surface area contributed by atoms with Crippen molar-refractivity contribution in [1.29, 1.82) is 10.8 Å². The highest BCUT2D eigenvalue weighted by atomic mass is 15.4. The lowest BCUT2D eigenvalue weighted by molar-refractivity contribution is 0.142. The number of hydrogen-bond acceptors (Lipinski definition) is 2. The topological polar surface area (TPSA) is 106 Å². The average molecular weight is 198 g/mol. The van der Waals surface area contributed by atoms with Crippen LogP contribution in [0.2, 0.25) is 0 Å². The number of nitrogens with two attached hydrogens (primary N) is 2. The maximum Gasteiger partial charge on any atom is 0.188 e. The molecule has 1 fully saturated rings. The molecule has 1 saturated heterocycles. The van der Waals surface area contributed by atoms with Gasteiger partial charge in [-0.2, -0.15) is 0 Å². The smallest absolute Gasteiger partial charge is 0.188 e. The molecule has 0 aromatic rings. The second kappa shape index (κ2) is 3.73. The first-order valence-electron chi connectivity index (χ1n) is 4.64. The summed E-state index contributed by atoms with van der Waals surface area (Å²) in [4.78, 5) is 3.65. The number of nitrogens with zero attached hydrogens (tertiary/aromatic N) is 2. The van der Waals surface area contributed by atoms with E-state index in [4.69, 9.17) is 22.3 Å². The van der Waals surface area contributed by atoms with Crippen LogP contribution in [0.3, 0.4) is 0 Å². The highest BCUT2D eigenvalue weighted by Crippen LogP contribution is 2.13. The van der Waals surface area contributed by atoms with E-state index in [2.05, 4.69) is 0 Å². The zero-order valence-electron chi connectivity index (χ0n) is 8.62. The van der Waals surface area contributed by atoms with Crippen molar-refractivity contribution in [2.24, 2.45) is 11.5 Å². The Balaban J connectivity index is 2.71. The van der Waals surface area contributed by atoms with E-state index in [9.17, 15) is 0 Å². The first kappa shape index (κ1) is 10.6. The summed E-state index contributed by atoms with van der Waals surface area (Å²) in [5.41, 5.74) is 10.9. The van der Waals surface area contributed by atoms with Gasteiger partial charge in [-0.05, 0) is 13.8 Å². The minimum atomic E-state index is 0.0903. The fraction of sp³-hybridized carbons (Fsp3) is 0.750. The van der Waals surface area contributed by atoms with E-state index in [0.717, 1.165) is 0 Å². The van der Waals surface area contributed by atoms with E-state index in [1.165, 1.54) is 0 Å². The molecule has 14 heavy (non-hydrogen) atoms. The normalized spacial score (nSPS) is 27.6. The molecule has 6 nitrogen and oxygen atoms in total. The Kier molecular flexibility index (Phi) is 2.83. The van der Waals surface area contributed by atoms with Crippen LogP contribution in [0.1, 0.15) is 13.8 Å². The fourth-order valence-corrected chi connectivity index (χ4v) is 1.80. The third kappa shape index (κ3) is 1.89. The Morgan fingerprint density at radius 2 is 1.29 bits per heavy atom. The van der Waals surface area contributed by atoms with E-state index in [1.807, 2.05) is 23.6 Å². The van der Waals surface area contributed by atoms with E-state index in [0.29, 0.717) is 13.1 Å². The van der Waals surface area contributed by atoms with Crippen molar-refractivity contribution >= 4 is 11.9 Å². The quantitative estimate of drug-likeness (QED) is 0.301. The highest BCUT2D eigenvalue weighted by molar-refractivity contribution is 5.77. The molecule has 6 heteroatoms. The summed E-state index contributed by atoms with van der Waals surface area (Å²) < 4.78 is 0. The zero-order chi connectivity index (χ0) is 10.9. The van der Waals surface area contributed by atoms with Gasteiger partial charge >= 0.3 is 0 Å². The van der Waals surface area contributed by atoms with Crippen molar-refractivity contribution < 1.29 is 0 Å². The Hall–Kier alpha value is -1.46. The number of guanidine groups is 2. The van der Waals surface area contributed by atoms with Crippen LogP contribution in [-0.2, 0) is 0 Å². The van der Waals surface area contributed by atoms with Crippen LogP contribution >= 0.6 is 0 Å². The van der Waals surface area contributed by atoms with Gasteiger partial charge in [0.1, 0.15) is 0 Å². The summed E-state index contributed by atoms with van der Waals surface area (Å²) in [5, 5.41) is 14.8. The van der Waals surface area contributed by atoms with Gasteiger partial charge in [0.25, 0.3) is 0 Å². The van der Waals surface area contributed by atoms with Gasteiger partial charge in [-0.1, -0.05) is 0 Å². The van der Waals surface area contributed by atoms with Crippen LogP contribution in [-0.4, -0.2) is 46.9 Å². The van der Waals surface area contributed by atoms with E-state index >= 15 is 0 Å². The summed E-state index contributed by atoms with van der Waals surface area (Å²) in [5.74, 6) is 0.181. The summed E-state index contributed by atoms with van der Waals surface area (Å²) in [6, 6.07) is 0.264. The molecule has 1 heterocycles. The molecule has 0 aliphatic carbocycles. The molecular weight excluding hydrogens is 180 g/mol. The van der Waals surface area contributed by atoms with Gasteiger partial charge in [0, 0.05) is 25.2 Å². The average Bonchev–Trinajstić information content (AvgIpc) is 2.07. The van der Waals surface area contributed by atoms with Crippen LogP contribution in [0.25, 0.3) is 0 Å². The van der Waals surface area contributed by atoms with Crippen LogP contribution in [0.15, 0.2) is 0 Å². The lowest BCUT2D eigenvalue weighted by Gasteiger charge is -2.44. The lowest BCUT2D eigenvalue weighted by Crippen LogP contribution is -2.61. The molecule has 1 aliphatic rings. The molecule has 0 bridgehead atoms.